The number of carboxylic acids is 1. The van der Waals surface area contributed by atoms with Crippen molar-refractivity contribution in [3.8, 4) is 0 Å². The fraction of sp³-hybridized carbons (Fsp3) is 0.800. The average molecular weight is 309 g/mol. The molecule has 0 bridgehead atoms. The summed E-state index contributed by atoms with van der Waals surface area (Å²) in [5.74, 6) is -1.33. The standard InChI is InChI=1S/C10H19N3O6S/c1-20(18,19)13-6-4-12(5-7-13)10(17)11-3-2-8(14)9(15)16/h8,14H,2-7H2,1H3,(H,11,17)(H,15,16)/t8-/m0/s1. The molecule has 1 atom stereocenters. The van der Waals surface area contributed by atoms with Crippen LogP contribution >= 0.6 is 0 Å². The van der Waals surface area contributed by atoms with Crippen molar-refractivity contribution in [3.05, 3.63) is 0 Å². The summed E-state index contributed by atoms with van der Waals surface area (Å²) < 4.78 is 23.9. The quantitative estimate of drug-likeness (QED) is 0.545. The van der Waals surface area contributed by atoms with Crippen LogP contribution in [0.2, 0.25) is 0 Å². The number of hydrogen-bond donors (Lipinski definition) is 3. The highest BCUT2D eigenvalue weighted by Gasteiger charge is 2.25. The summed E-state index contributed by atoms with van der Waals surface area (Å²) >= 11 is 0. The zero-order valence-electron chi connectivity index (χ0n) is 11.2. The topological polar surface area (TPSA) is 127 Å². The number of aliphatic hydroxyl groups is 1. The van der Waals surface area contributed by atoms with Gasteiger partial charge in [0.05, 0.1) is 6.26 Å². The number of carboxylic acid groups (broad SMARTS) is 1. The highest BCUT2D eigenvalue weighted by Crippen LogP contribution is 2.06. The Morgan fingerprint density at radius 1 is 1.25 bits per heavy atom. The van der Waals surface area contributed by atoms with Crippen molar-refractivity contribution in [2.24, 2.45) is 0 Å². The summed E-state index contributed by atoms with van der Waals surface area (Å²) in [4.78, 5) is 23.5. The molecule has 1 rings (SSSR count). The van der Waals surface area contributed by atoms with Gasteiger partial charge in [-0.1, -0.05) is 0 Å². The van der Waals surface area contributed by atoms with E-state index in [0.29, 0.717) is 0 Å². The van der Waals surface area contributed by atoms with Crippen molar-refractivity contribution >= 4 is 22.0 Å². The molecule has 1 aliphatic heterocycles. The largest absolute Gasteiger partial charge is 0.479 e. The first-order valence-corrected chi connectivity index (χ1v) is 7.95. The fourth-order valence-electron chi connectivity index (χ4n) is 1.77. The Morgan fingerprint density at radius 3 is 2.25 bits per heavy atom. The number of nitrogens with zero attached hydrogens (tertiary/aromatic N) is 2. The Kier molecular flexibility index (Phi) is 5.72. The van der Waals surface area contributed by atoms with Gasteiger partial charge in [0.15, 0.2) is 6.10 Å². The van der Waals surface area contributed by atoms with Gasteiger partial charge >= 0.3 is 12.0 Å². The van der Waals surface area contributed by atoms with Gasteiger partial charge in [0, 0.05) is 39.1 Å². The van der Waals surface area contributed by atoms with Gasteiger partial charge in [0.1, 0.15) is 0 Å². The lowest BCUT2D eigenvalue weighted by Crippen LogP contribution is -2.53. The molecule has 0 unspecified atom stereocenters. The highest BCUT2D eigenvalue weighted by molar-refractivity contribution is 7.88. The summed E-state index contributed by atoms with van der Waals surface area (Å²) in [6.07, 6.45) is -0.460. The van der Waals surface area contributed by atoms with Gasteiger partial charge in [-0.15, -0.1) is 0 Å². The van der Waals surface area contributed by atoms with Crippen molar-refractivity contribution in [2.45, 2.75) is 12.5 Å². The maximum Gasteiger partial charge on any atom is 0.332 e. The Balaban J connectivity index is 2.31. The van der Waals surface area contributed by atoms with Crippen LogP contribution in [0.25, 0.3) is 0 Å². The van der Waals surface area contributed by atoms with Gasteiger partial charge in [0.25, 0.3) is 0 Å². The van der Waals surface area contributed by atoms with E-state index in [1.165, 1.54) is 9.21 Å². The second kappa shape index (κ2) is 6.86. The Labute approximate surface area is 117 Å². The lowest BCUT2D eigenvalue weighted by atomic mass is 10.2. The molecule has 0 saturated carbocycles. The molecule has 0 aromatic heterocycles. The van der Waals surface area contributed by atoms with Gasteiger partial charge in [-0.25, -0.2) is 18.0 Å². The summed E-state index contributed by atoms with van der Waals surface area (Å²) in [6.45, 7) is 1.08. The molecule has 0 aromatic rings. The van der Waals surface area contributed by atoms with E-state index in [9.17, 15) is 18.0 Å². The number of sulfonamides is 1. The number of hydrogen-bond acceptors (Lipinski definition) is 5. The van der Waals surface area contributed by atoms with Crippen LogP contribution in [0.3, 0.4) is 0 Å². The second-order valence-corrected chi connectivity index (χ2v) is 6.51. The van der Waals surface area contributed by atoms with Crippen LogP contribution in [-0.4, -0.2) is 84.9 Å². The summed E-state index contributed by atoms with van der Waals surface area (Å²) in [6, 6.07) is -0.393. The number of amides is 2. The van der Waals surface area contributed by atoms with E-state index in [0.717, 1.165) is 6.26 Å². The van der Waals surface area contributed by atoms with Crippen molar-refractivity contribution in [1.29, 1.82) is 0 Å². The third kappa shape index (κ3) is 4.94. The monoisotopic (exact) mass is 309 g/mol. The lowest BCUT2D eigenvalue weighted by molar-refractivity contribution is -0.146. The molecule has 0 aromatic carbocycles. The minimum absolute atomic E-state index is 0.0403. The van der Waals surface area contributed by atoms with E-state index in [4.69, 9.17) is 10.2 Å². The third-order valence-electron chi connectivity index (χ3n) is 2.97. The SMILES string of the molecule is CS(=O)(=O)N1CCN(C(=O)NCC[C@H](O)C(=O)O)CC1. The summed E-state index contributed by atoms with van der Waals surface area (Å²) in [5.41, 5.74) is 0. The highest BCUT2D eigenvalue weighted by atomic mass is 32.2. The number of carbonyl (C=O) groups excluding carboxylic acids is 1. The van der Waals surface area contributed by atoms with Crippen molar-refractivity contribution in [2.75, 3.05) is 39.0 Å². The van der Waals surface area contributed by atoms with Crippen LogP contribution < -0.4 is 5.32 Å². The molecule has 1 saturated heterocycles. The Hall–Kier alpha value is -1.39. The van der Waals surface area contributed by atoms with E-state index >= 15 is 0 Å². The molecule has 0 radical (unpaired) electrons. The number of piperazine rings is 1. The molecule has 0 spiro atoms. The number of carbonyl (C=O) groups is 2. The maximum absolute atomic E-state index is 11.7. The minimum Gasteiger partial charge on any atom is -0.479 e. The van der Waals surface area contributed by atoms with Crippen molar-refractivity contribution in [1.82, 2.24) is 14.5 Å². The zero-order chi connectivity index (χ0) is 15.3. The van der Waals surface area contributed by atoms with Crippen LogP contribution in [-0.2, 0) is 14.8 Å². The van der Waals surface area contributed by atoms with Crippen LogP contribution in [0.15, 0.2) is 0 Å². The first kappa shape index (κ1) is 16.7. The summed E-state index contributed by atoms with van der Waals surface area (Å²) in [5, 5.41) is 20.0. The van der Waals surface area contributed by atoms with Crippen molar-refractivity contribution in [3.63, 3.8) is 0 Å². The van der Waals surface area contributed by atoms with E-state index in [1.54, 1.807) is 0 Å². The van der Waals surface area contributed by atoms with Gasteiger partial charge in [-0.2, -0.15) is 4.31 Å². The van der Waals surface area contributed by atoms with Gasteiger partial charge in [0.2, 0.25) is 10.0 Å². The number of aliphatic hydroxyl groups excluding tert-OH is 1. The third-order valence-corrected chi connectivity index (χ3v) is 4.28. The molecule has 0 aliphatic carbocycles. The maximum atomic E-state index is 11.7. The predicted molar refractivity (Wildman–Crippen MR) is 69.6 cm³/mol. The van der Waals surface area contributed by atoms with Gasteiger partial charge in [-0.3, -0.25) is 0 Å². The van der Waals surface area contributed by atoms with Crippen molar-refractivity contribution < 1.29 is 28.2 Å². The second-order valence-electron chi connectivity index (χ2n) is 4.52. The summed E-state index contributed by atoms with van der Waals surface area (Å²) in [7, 11) is -3.24. The lowest BCUT2D eigenvalue weighted by Gasteiger charge is -2.33. The van der Waals surface area contributed by atoms with Crippen LogP contribution in [0.1, 0.15) is 6.42 Å². The van der Waals surface area contributed by atoms with E-state index in [1.807, 2.05) is 0 Å². The first-order valence-electron chi connectivity index (χ1n) is 6.10. The Bertz CT molecular complexity index is 458. The predicted octanol–water partition coefficient (Wildman–Crippen LogP) is -1.89. The number of urea groups is 1. The smallest absolute Gasteiger partial charge is 0.332 e. The van der Waals surface area contributed by atoms with Crippen LogP contribution in [0.4, 0.5) is 4.79 Å². The fourth-order valence-corrected chi connectivity index (χ4v) is 2.60. The van der Waals surface area contributed by atoms with Crippen LogP contribution in [0.5, 0.6) is 0 Å². The Morgan fingerprint density at radius 2 is 1.80 bits per heavy atom. The molecule has 9 nitrogen and oxygen atoms in total. The molecule has 1 heterocycles. The molecule has 2 amide bonds. The molecule has 3 N–H and O–H groups in total. The molecule has 116 valence electrons. The van der Waals surface area contributed by atoms with Crippen LogP contribution in [0, 0.1) is 0 Å². The zero-order valence-corrected chi connectivity index (χ0v) is 12.0. The first-order chi connectivity index (χ1) is 9.21. The molecule has 1 fully saturated rings. The van der Waals surface area contributed by atoms with E-state index in [-0.39, 0.29) is 39.1 Å². The molecular formula is C10H19N3O6S. The van der Waals surface area contributed by atoms with E-state index < -0.39 is 28.1 Å². The number of nitrogens with one attached hydrogen (secondary N) is 1. The molecule has 1 aliphatic rings. The van der Waals surface area contributed by atoms with Gasteiger partial charge in [-0.05, 0) is 0 Å². The minimum atomic E-state index is -3.24. The average Bonchev–Trinajstić information content (AvgIpc) is 2.37. The molecule has 10 heteroatoms. The number of rotatable bonds is 5. The number of aliphatic carboxylic acids is 1. The normalized spacial score (nSPS) is 18.6. The van der Waals surface area contributed by atoms with Gasteiger partial charge < -0.3 is 20.4 Å². The molecule has 20 heavy (non-hydrogen) atoms. The van der Waals surface area contributed by atoms with E-state index in [2.05, 4.69) is 5.32 Å². The molecular weight excluding hydrogens is 290 g/mol.